The van der Waals surface area contributed by atoms with Crippen molar-refractivity contribution in [3.63, 3.8) is 0 Å². The summed E-state index contributed by atoms with van der Waals surface area (Å²) in [5.41, 5.74) is -0.461. The number of methoxy groups -OCH3 is 1. The predicted octanol–water partition coefficient (Wildman–Crippen LogP) is 2.13. The largest absolute Gasteiger partial charge is 0.469 e. The fourth-order valence-electron chi connectivity index (χ4n) is 1.25. The summed E-state index contributed by atoms with van der Waals surface area (Å²) in [5, 5.41) is 3.32. The lowest BCUT2D eigenvalue weighted by atomic mass is 9.93. The average Bonchev–Trinajstić information content (AvgIpc) is 2.22. The summed E-state index contributed by atoms with van der Waals surface area (Å²) in [6.45, 7) is 10.2. The van der Waals surface area contributed by atoms with E-state index in [0.29, 0.717) is 12.6 Å². The topological polar surface area (TPSA) is 38.3 Å². The van der Waals surface area contributed by atoms with Gasteiger partial charge in [0.2, 0.25) is 0 Å². The van der Waals surface area contributed by atoms with E-state index in [-0.39, 0.29) is 5.97 Å². The Kier molecular flexibility index (Phi) is 6.25. The van der Waals surface area contributed by atoms with Crippen molar-refractivity contribution in [3.05, 3.63) is 12.7 Å². The molecule has 0 aliphatic rings. The third-order valence-corrected chi connectivity index (χ3v) is 2.43. The zero-order valence-corrected chi connectivity index (χ0v) is 10.3. The fourth-order valence-corrected chi connectivity index (χ4v) is 1.25. The van der Waals surface area contributed by atoms with Gasteiger partial charge < -0.3 is 10.1 Å². The summed E-state index contributed by atoms with van der Waals surface area (Å²) in [7, 11) is 1.42. The highest BCUT2D eigenvalue weighted by Gasteiger charge is 2.28. The van der Waals surface area contributed by atoms with Crippen LogP contribution in [0.2, 0.25) is 0 Å². The number of nitrogens with one attached hydrogen (secondary N) is 1. The molecule has 0 spiro atoms. The Labute approximate surface area is 92.9 Å². The zero-order valence-electron chi connectivity index (χ0n) is 10.3. The lowest BCUT2D eigenvalue weighted by Gasteiger charge is -2.24. The van der Waals surface area contributed by atoms with Gasteiger partial charge in [-0.1, -0.05) is 6.08 Å². The van der Waals surface area contributed by atoms with Gasteiger partial charge in [-0.05, 0) is 33.6 Å². The van der Waals surface area contributed by atoms with E-state index in [0.717, 1.165) is 12.8 Å². The van der Waals surface area contributed by atoms with Gasteiger partial charge in [0.25, 0.3) is 0 Å². The lowest BCUT2D eigenvalue weighted by Crippen LogP contribution is -2.40. The molecular formula is C12H23NO2. The highest BCUT2D eigenvalue weighted by Crippen LogP contribution is 2.15. The van der Waals surface area contributed by atoms with E-state index in [9.17, 15) is 4.79 Å². The van der Waals surface area contributed by atoms with Crippen LogP contribution in [0.1, 0.15) is 33.6 Å². The first-order chi connectivity index (χ1) is 6.94. The highest BCUT2D eigenvalue weighted by molar-refractivity contribution is 5.76. The van der Waals surface area contributed by atoms with Crippen LogP contribution in [0.3, 0.4) is 0 Å². The van der Waals surface area contributed by atoms with Gasteiger partial charge in [0, 0.05) is 12.6 Å². The second kappa shape index (κ2) is 6.62. The van der Waals surface area contributed by atoms with Crippen molar-refractivity contribution in [2.75, 3.05) is 13.7 Å². The molecule has 0 bridgehead atoms. The van der Waals surface area contributed by atoms with E-state index >= 15 is 0 Å². The number of rotatable bonds is 7. The zero-order chi connectivity index (χ0) is 11.9. The Morgan fingerprint density at radius 3 is 2.67 bits per heavy atom. The fraction of sp³-hybridized carbons (Fsp3) is 0.750. The number of hydrogen-bond acceptors (Lipinski definition) is 3. The lowest BCUT2D eigenvalue weighted by molar-refractivity contribution is -0.150. The van der Waals surface area contributed by atoms with E-state index in [1.165, 1.54) is 7.11 Å². The van der Waals surface area contributed by atoms with E-state index in [4.69, 9.17) is 4.74 Å². The number of carbonyl (C=O) groups excluding carboxylic acids is 1. The van der Waals surface area contributed by atoms with Crippen molar-refractivity contribution in [2.45, 2.75) is 39.7 Å². The molecule has 1 atom stereocenters. The standard InChI is InChI=1S/C12H23NO2/c1-6-7-8-10(2)13-9-12(3,4)11(14)15-5/h6,10,13H,1,7-9H2,2-5H3. The molecule has 1 unspecified atom stereocenters. The Hall–Kier alpha value is -0.830. The molecule has 0 rings (SSSR count). The molecule has 15 heavy (non-hydrogen) atoms. The molecule has 0 saturated heterocycles. The Morgan fingerprint density at radius 2 is 2.20 bits per heavy atom. The summed E-state index contributed by atoms with van der Waals surface area (Å²) in [6.07, 6.45) is 3.94. The maximum Gasteiger partial charge on any atom is 0.312 e. The van der Waals surface area contributed by atoms with Crippen LogP contribution in [0.5, 0.6) is 0 Å². The van der Waals surface area contributed by atoms with Crippen molar-refractivity contribution in [3.8, 4) is 0 Å². The van der Waals surface area contributed by atoms with Crippen molar-refractivity contribution >= 4 is 5.97 Å². The molecule has 0 saturated carbocycles. The van der Waals surface area contributed by atoms with Gasteiger partial charge in [0.1, 0.15) is 0 Å². The Morgan fingerprint density at radius 1 is 1.60 bits per heavy atom. The second-order valence-corrected chi connectivity index (χ2v) is 4.52. The summed E-state index contributed by atoms with van der Waals surface area (Å²) in [4.78, 5) is 11.4. The van der Waals surface area contributed by atoms with Gasteiger partial charge in [-0.3, -0.25) is 4.79 Å². The van der Waals surface area contributed by atoms with Crippen LogP contribution in [0.4, 0.5) is 0 Å². The molecule has 0 aromatic carbocycles. The van der Waals surface area contributed by atoms with Gasteiger partial charge >= 0.3 is 5.97 Å². The maximum atomic E-state index is 11.4. The predicted molar refractivity (Wildman–Crippen MR) is 62.7 cm³/mol. The van der Waals surface area contributed by atoms with Crippen molar-refractivity contribution in [2.24, 2.45) is 5.41 Å². The van der Waals surface area contributed by atoms with Crippen LogP contribution >= 0.6 is 0 Å². The monoisotopic (exact) mass is 213 g/mol. The molecule has 3 heteroatoms. The number of esters is 1. The molecule has 0 aromatic rings. The minimum Gasteiger partial charge on any atom is -0.469 e. The van der Waals surface area contributed by atoms with Gasteiger partial charge in [-0.2, -0.15) is 0 Å². The summed E-state index contributed by atoms with van der Waals surface area (Å²) < 4.78 is 4.73. The molecule has 3 nitrogen and oxygen atoms in total. The van der Waals surface area contributed by atoms with Crippen LogP contribution in [0, 0.1) is 5.41 Å². The van der Waals surface area contributed by atoms with E-state index in [2.05, 4.69) is 18.8 Å². The van der Waals surface area contributed by atoms with E-state index in [1.807, 2.05) is 19.9 Å². The number of allylic oxidation sites excluding steroid dienone is 1. The minimum absolute atomic E-state index is 0.175. The molecule has 1 N–H and O–H groups in total. The first kappa shape index (κ1) is 14.2. The van der Waals surface area contributed by atoms with Gasteiger partial charge in [0.05, 0.1) is 12.5 Å². The normalized spacial score (nSPS) is 13.3. The molecule has 88 valence electrons. The van der Waals surface area contributed by atoms with Crippen molar-refractivity contribution in [1.82, 2.24) is 5.32 Å². The van der Waals surface area contributed by atoms with E-state index in [1.54, 1.807) is 0 Å². The van der Waals surface area contributed by atoms with Crippen molar-refractivity contribution in [1.29, 1.82) is 0 Å². The molecule has 0 aliphatic carbocycles. The summed E-state index contributed by atoms with van der Waals surface area (Å²) in [6, 6.07) is 0.395. The summed E-state index contributed by atoms with van der Waals surface area (Å²) >= 11 is 0. The average molecular weight is 213 g/mol. The minimum atomic E-state index is -0.461. The third kappa shape index (κ3) is 5.57. The van der Waals surface area contributed by atoms with Gasteiger partial charge in [-0.15, -0.1) is 6.58 Å². The number of hydrogen-bond donors (Lipinski definition) is 1. The van der Waals surface area contributed by atoms with Crippen LogP contribution in [0.15, 0.2) is 12.7 Å². The molecular weight excluding hydrogens is 190 g/mol. The number of carbonyl (C=O) groups is 1. The Balaban J connectivity index is 3.91. The molecule has 0 radical (unpaired) electrons. The van der Waals surface area contributed by atoms with Gasteiger partial charge in [0.15, 0.2) is 0 Å². The quantitative estimate of drug-likeness (QED) is 0.520. The molecule has 0 aromatic heterocycles. The van der Waals surface area contributed by atoms with Crippen LogP contribution in [-0.4, -0.2) is 25.7 Å². The van der Waals surface area contributed by atoms with Crippen LogP contribution in [-0.2, 0) is 9.53 Å². The molecule has 0 amide bonds. The number of ether oxygens (including phenoxy) is 1. The van der Waals surface area contributed by atoms with Crippen molar-refractivity contribution < 1.29 is 9.53 Å². The molecule has 0 aliphatic heterocycles. The smallest absolute Gasteiger partial charge is 0.312 e. The van der Waals surface area contributed by atoms with Gasteiger partial charge in [-0.25, -0.2) is 0 Å². The molecule has 0 heterocycles. The van der Waals surface area contributed by atoms with E-state index < -0.39 is 5.41 Å². The van der Waals surface area contributed by atoms with Crippen LogP contribution in [0.25, 0.3) is 0 Å². The first-order valence-corrected chi connectivity index (χ1v) is 5.36. The summed E-state index contributed by atoms with van der Waals surface area (Å²) in [5.74, 6) is -0.175. The Bertz CT molecular complexity index is 212. The third-order valence-electron chi connectivity index (χ3n) is 2.43. The first-order valence-electron chi connectivity index (χ1n) is 5.36. The maximum absolute atomic E-state index is 11.4. The second-order valence-electron chi connectivity index (χ2n) is 4.52. The van der Waals surface area contributed by atoms with Crippen LogP contribution < -0.4 is 5.32 Å². The SMILES string of the molecule is C=CCCC(C)NCC(C)(C)C(=O)OC. The highest BCUT2D eigenvalue weighted by atomic mass is 16.5. The molecule has 0 fully saturated rings.